The van der Waals surface area contributed by atoms with Crippen molar-refractivity contribution in [1.29, 1.82) is 0 Å². The van der Waals surface area contributed by atoms with E-state index in [0.29, 0.717) is 25.5 Å². The summed E-state index contributed by atoms with van der Waals surface area (Å²) in [5, 5.41) is 5.81. The van der Waals surface area contributed by atoms with E-state index in [4.69, 9.17) is 0 Å². The van der Waals surface area contributed by atoms with E-state index in [1.165, 1.54) is 0 Å². The summed E-state index contributed by atoms with van der Waals surface area (Å²) in [6.07, 6.45) is -4.29. The molecule has 2 N–H and O–H groups in total. The maximum absolute atomic E-state index is 13.5. The number of carbonyl (C=O) groups is 1. The van der Waals surface area contributed by atoms with Crippen LogP contribution in [0.5, 0.6) is 0 Å². The topological polar surface area (TPSA) is 57.3 Å². The molecule has 1 saturated heterocycles. The summed E-state index contributed by atoms with van der Waals surface area (Å²) < 4.78 is 40.5. The van der Waals surface area contributed by atoms with Crippen molar-refractivity contribution < 1.29 is 18.0 Å². The van der Waals surface area contributed by atoms with E-state index in [2.05, 4.69) is 15.6 Å². The van der Waals surface area contributed by atoms with Gasteiger partial charge in [-0.25, -0.2) is 4.98 Å². The average molecular weight is 342 g/mol. The minimum absolute atomic E-state index is 0.00202. The number of hydrogen-bond acceptors (Lipinski definition) is 4. The Bertz CT molecular complexity index is 667. The van der Waals surface area contributed by atoms with E-state index in [9.17, 15) is 18.0 Å². The molecule has 1 unspecified atom stereocenters. The molecule has 132 valence electrons. The van der Waals surface area contributed by atoms with E-state index in [0.717, 1.165) is 6.07 Å². The maximum Gasteiger partial charge on any atom is 0.418 e. The highest BCUT2D eigenvalue weighted by Gasteiger charge is 2.40. The summed E-state index contributed by atoms with van der Waals surface area (Å²) in [7, 11) is 0. The number of nitrogens with one attached hydrogen (secondary N) is 2. The third-order valence-electron chi connectivity index (χ3n) is 4.34. The number of hydrogen-bond donors (Lipinski definition) is 2. The van der Waals surface area contributed by atoms with Gasteiger partial charge in [0.25, 0.3) is 0 Å². The number of amides is 1. The molecule has 8 heteroatoms. The van der Waals surface area contributed by atoms with E-state index in [1.54, 1.807) is 20.8 Å². The minimum Gasteiger partial charge on any atom is -0.349 e. The van der Waals surface area contributed by atoms with Crippen LogP contribution in [0.3, 0.4) is 0 Å². The van der Waals surface area contributed by atoms with Gasteiger partial charge in [0.2, 0.25) is 5.91 Å². The molecule has 3 rings (SSSR count). The number of fused-ring (bicyclic) bond motifs is 3. The molecule has 2 aliphatic heterocycles. The Balaban J connectivity index is 2.21. The number of halogens is 3. The van der Waals surface area contributed by atoms with Gasteiger partial charge in [-0.2, -0.15) is 13.2 Å². The standard InChI is InChI=1S/C16H21F3N4O/c1-15(2,3)13-10(16(17,18)19)7-11-14(22-13)23-5-4-20-8-9(23)6-12(24)21-11/h7,9,20H,4-6,8H2,1-3H3,(H,21,24). The Morgan fingerprint density at radius 1 is 1.29 bits per heavy atom. The first-order chi connectivity index (χ1) is 11.1. The van der Waals surface area contributed by atoms with Crippen LogP contribution in [-0.2, 0) is 16.4 Å². The summed E-state index contributed by atoms with van der Waals surface area (Å²) in [5.41, 5.74) is -1.41. The van der Waals surface area contributed by atoms with Gasteiger partial charge >= 0.3 is 6.18 Å². The summed E-state index contributed by atoms with van der Waals surface area (Å²) >= 11 is 0. The van der Waals surface area contributed by atoms with Crippen molar-refractivity contribution in [1.82, 2.24) is 10.3 Å². The highest BCUT2D eigenvalue weighted by atomic mass is 19.4. The van der Waals surface area contributed by atoms with Gasteiger partial charge in [0.1, 0.15) is 0 Å². The molecule has 1 atom stereocenters. The van der Waals surface area contributed by atoms with Crippen LogP contribution in [0.25, 0.3) is 0 Å². The lowest BCUT2D eigenvalue weighted by Gasteiger charge is -2.36. The second-order valence-electron chi connectivity index (χ2n) is 7.31. The number of alkyl halides is 3. The van der Waals surface area contributed by atoms with Crippen LogP contribution in [0.1, 0.15) is 38.4 Å². The number of rotatable bonds is 0. The average Bonchev–Trinajstić information content (AvgIpc) is 2.59. The third kappa shape index (κ3) is 3.07. The molecule has 3 heterocycles. The number of carbonyl (C=O) groups excluding carboxylic acids is 1. The fourth-order valence-corrected chi connectivity index (χ4v) is 3.24. The van der Waals surface area contributed by atoms with Crippen molar-refractivity contribution in [2.24, 2.45) is 0 Å². The van der Waals surface area contributed by atoms with E-state index >= 15 is 0 Å². The number of anilines is 2. The van der Waals surface area contributed by atoms with Crippen LogP contribution in [0.2, 0.25) is 0 Å². The fourth-order valence-electron chi connectivity index (χ4n) is 3.24. The predicted molar refractivity (Wildman–Crippen MR) is 85.2 cm³/mol. The molecule has 1 fully saturated rings. The number of piperazine rings is 1. The molecule has 0 aliphatic carbocycles. The summed E-state index contributed by atoms with van der Waals surface area (Å²) in [4.78, 5) is 18.4. The summed E-state index contributed by atoms with van der Waals surface area (Å²) in [6, 6.07) is 0.933. The SMILES string of the molecule is CC(C)(C)c1nc2c(cc1C(F)(F)F)NC(=O)CC1CNCCN21. The van der Waals surface area contributed by atoms with Gasteiger partial charge in [0, 0.05) is 31.5 Å². The monoisotopic (exact) mass is 342 g/mol. The van der Waals surface area contributed by atoms with Gasteiger partial charge in [-0.1, -0.05) is 20.8 Å². The van der Waals surface area contributed by atoms with Crippen molar-refractivity contribution in [3.63, 3.8) is 0 Å². The second kappa shape index (κ2) is 5.61. The lowest BCUT2D eigenvalue weighted by Crippen LogP contribution is -2.52. The second-order valence-corrected chi connectivity index (χ2v) is 7.31. The highest BCUT2D eigenvalue weighted by molar-refractivity contribution is 5.96. The maximum atomic E-state index is 13.5. The molecular formula is C16H21F3N4O. The Kier molecular flexibility index (Phi) is 3.98. The highest BCUT2D eigenvalue weighted by Crippen LogP contribution is 2.42. The van der Waals surface area contributed by atoms with Crippen LogP contribution in [0, 0.1) is 0 Å². The molecule has 0 bridgehead atoms. The van der Waals surface area contributed by atoms with Gasteiger partial charge in [-0.15, -0.1) is 0 Å². The zero-order chi connectivity index (χ0) is 17.7. The van der Waals surface area contributed by atoms with E-state index < -0.39 is 17.2 Å². The van der Waals surface area contributed by atoms with Gasteiger partial charge in [-0.3, -0.25) is 4.79 Å². The molecule has 0 radical (unpaired) electrons. The zero-order valence-electron chi connectivity index (χ0n) is 13.9. The van der Waals surface area contributed by atoms with Crippen molar-refractivity contribution >= 4 is 17.4 Å². The van der Waals surface area contributed by atoms with Crippen LogP contribution < -0.4 is 15.5 Å². The van der Waals surface area contributed by atoms with Crippen LogP contribution in [0.15, 0.2) is 6.07 Å². The van der Waals surface area contributed by atoms with E-state index in [1.807, 2.05) is 4.90 Å². The molecule has 5 nitrogen and oxygen atoms in total. The minimum atomic E-state index is -4.52. The molecule has 0 spiro atoms. The first-order valence-electron chi connectivity index (χ1n) is 7.97. The van der Waals surface area contributed by atoms with E-state index in [-0.39, 0.29) is 29.8 Å². The third-order valence-corrected chi connectivity index (χ3v) is 4.34. The summed E-state index contributed by atoms with van der Waals surface area (Å²) in [6.45, 7) is 7.05. The molecular weight excluding hydrogens is 321 g/mol. The molecule has 0 saturated carbocycles. The molecule has 2 aliphatic rings. The lowest BCUT2D eigenvalue weighted by molar-refractivity contribution is -0.139. The Morgan fingerprint density at radius 2 is 2.00 bits per heavy atom. The predicted octanol–water partition coefficient (Wildman–Crippen LogP) is 2.52. The van der Waals surface area contributed by atoms with Crippen molar-refractivity contribution in [3.05, 3.63) is 17.3 Å². The Morgan fingerprint density at radius 3 is 2.62 bits per heavy atom. The van der Waals surface area contributed by atoms with Gasteiger partial charge in [0.15, 0.2) is 5.82 Å². The molecule has 24 heavy (non-hydrogen) atoms. The molecule has 1 amide bonds. The first kappa shape index (κ1) is 17.0. The van der Waals surface area contributed by atoms with Crippen LogP contribution in [-0.4, -0.2) is 36.6 Å². The van der Waals surface area contributed by atoms with Crippen LogP contribution >= 0.6 is 0 Å². The molecule has 0 aromatic carbocycles. The number of aromatic nitrogens is 1. The quantitative estimate of drug-likeness (QED) is 0.761. The van der Waals surface area contributed by atoms with Crippen molar-refractivity contribution in [2.45, 2.75) is 44.8 Å². The lowest BCUT2D eigenvalue weighted by atomic mass is 9.87. The zero-order valence-corrected chi connectivity index (χ0v) is 13.9. The van der Waals surface area contributed by atoms with Crippen LogP contribution in [0.4, 0.5) is 24.7 Å². The largest absolute Gasteiger partial charge is 0.418 e. The Labute approximate surface area is 138 Å². The normalized spacial score (nSPS) is 21.7. The number of pyridine rings is 1. The first-order valence-corrected chi connectivity index (χ1v) is 7.97. The number of nitrogens with zero attached hydrogens (tertiary/aromatic N) is 2. The summed E-state index contributed by atoms with van der Waals surface area (Å²) in [5.74, 6) is 0.149. The fraction of sp³-hybridized carbons (Fsp3) is 0.625. The van der Waals surface area contributed by atoms with Gasteiger partial charge in [-0.05, 0) is 6.07 Å². The molecule has 1 aromatic rings. The molecule has 1 aromatic heterocycles. The smallest absolute Gasteiger partial charge is 0.349 e. The van der Waals surface area contributed by atoms with Crippen molar-refractivity contribution in [3.8, 4) is 0 Å². The van der Waals surface area contributed by atoms with Gasteiger partial charge in [0.05, 0.1) is 23.0 Å². The van der Waals surface area contributed by atoms with Gasteiger partial charge < -0.3 is 15.5 Å². The Hall–Kier alpha value is -1.83. The van der Waals surface area contributed by atoms with Crippen molar-refractivity contribution in [2.75, 3.05) is 29.9 Å².